The van der Waals surface area contributed by atoms with E-state index in [-0.39, 0.29) is 35.1 Å². The zero-order chi connectivity index (χ0) is 24.8. The van der Waals surface area contributed by atoms with Crippen LogP contribution in [-0.2, 0) is 16.0 Å². The molecule has 3 rings (SSSR count). The standard InChI is InChI=1S/C23H23Cl2N3O6/c24-16-2-1-3-17(25)19(16)20(29)26-15-6-4-13(5-7-15)12-18(22(32)33)27-23(34)28-10-8-14(9-11-28)21(30)31/h1-7,14,18H,8-12H2,(H,26,29)(H,27,34)(H,30,31)(H,32,33)/t18-/m0/s1. The Balaban J connectivity index is 1.59. The van der Waals surface area contributed by atoms with Crippen LogP contribution in [-0.4, -0.2) is 58.1 Å². The number of carbonyl (C=O) groups excluding carboxylic acids is 2. The van der Waals surface area contributed by atoms with Gasteiger partial charge < -0.3 is 25.7 Å². The van der Waals surface area contributed by atoms with Crippen LogP contribution in [0.3, 0.4) is 0 Å². The first-order valence-corrected chi connectivity index (χ1v) is 11.3. The van der Waals surface area contributed by atoms with E-state index >= 15 is 0 Å². The molecule has 9 nitrogen and oxygen atoms in total. The molecule has 1 heterocycles. The maximum atomic E-state index is 12.5. The van der Waals surface area contributed by atoms with Crippen LogP contribution < -0.4 is 10.6 Å². The van der Waals surface area contributed by atoms with E-state index in [4.69, 9.17) is 28.3 Å². The van der Waals surface area contributed by atoms with E-state index in [1.54, 1.807) is 42.5 Å². The molecule has 4 N–H and O–H groups in total. The number of piperidine rings is 1. The van der Waals surface area contributed by atoms with Crippen LogP contribution in [0.2, 0.25) is 10.0 Å². The lowest BCUT2D eigenvalue weighted by molar-refractivity contribution is -0.143. The first-order chi connectivity index (χ1) is 16.2. The molecule has 0 bridgehead atoms. The average Bonchev–Trinajstić information content (AvgIpc) is 2.79. The summed E-state index contributed by atoms with van der Waals surface area (Å²) in [6.07, 6.45) is 0.678. The molecular formula is C23H23Cl2N3O6. The first-order valence-electron chi connectivity index (χ1n) is 10.5. The van der Waals surface area contributed by atoms with Gasteiger partial charge in [0.25, 0.3) is 5.91 Å². The van der Waals surface area contributed by atoms with Crippen molar-refractivity contribution >= 4 is 52.8 Å². The molecular weight excluding hydrogens is 485 g/mol. The second kappa shape index (κ2) is 11.2. The summed E-state index contributed by atoms with van der Waals surface area (Å²) in [6, 6.07) is 9.52. The molecule has 2 aromatic carbocycles. The minimum atomic E-state index is -1.19. The van der Waals surface area contributed by atoms with Crippen molar-refractivity contribution in [2.24, 2.45) is 5.92 Å². The highest BCUT2D eigenvalue weighted by molar-refractivity contribution is 6.40. The zero-order valence-electron chi connectivity index (χ0n) is 18.0. The number of urea groups is 1. The number of rotatable bonds is 7. The second-order valence-corrected chi connectivity index (χ2v) is 8.71. The number of amides is 3. The summed E-state index contributed by atoms with van der Waals surface area (Å²) < 4.78 is 0. The van der Waals surface area contributed by atoms with Crippen molar-refractivity contribution in [2.75, 3.05) is 18.4 Å². The van der Waals surface area contributed by atoms with Crippen LogP contribution in [0.5, 0.6) is 0 Å². The third-order valence-electron chi connectivity index (χ3n) is 5.57. The predicted octanol–water partition coefficient (Wildman–Crippen LogP) is 3.75. The number of halogens is 2. The van der Waals surface area contributed by atoms with Crippen LogP contribution in [0.25, 0.3) is 0 Å². The topological polar surface area (TPSA) is 136 Å². The summed E-state index contributed by atoms with van der Waals surface area (Å²) in [4.78, 5) is 49.2. The molecule has 11 heteroatoms. The third-order valence-corrected chi connectivity index (χ3v) is 6.20. The number of carboxylic acid groups (broad SMARTS) is 2. The van der Waals surface area contributed by atoms with Gasteiger partial charge in [-0.15, -0.1) is 0 Å². The summed E-state index contributed by atoms with van der Waals surface area (Å²) in [5.74, 6) is -3.06. The Kier molecular flexibility index (Phi) is 8.36. The molecule has 0 aliphatic carbocycles. The molecule has 2 aromatic rings. The van der Waals surface area contributed by atoms with Crippen molar-refractivity contribution in [1.29, 1.82) is 0 Å². The Labute approximate surface area is 205 Å². The number of aliphatic carboxylic acids is 2. The summed E-state index contributed by atoms with van der Waals surface area (Å²) in [7, 11) is 0. The van der Waals surface area contributed by atoms with Gasteiger partial charge in [-0.05, 0) is 42.7 Å². The van der Waals surface area contributed by atoms with Gasteiger partial charge in [0.15, 0.2) is 0 Å². The van der Waals surface area contributed by atoms with Crippen LogP contribution in [0.1, 0.15) is 28.8 Å². The number of carbonyl (C=O) groups is 4. The number of nitrogens with zero attached hydrogens (tertiary/aromatic N) is 1. The smallest absolute Gasteiger partial charge is 0.326 e. The van der Waals surface area contributed by atoms with Crippen LogP contribution in [0, 0.1) is 5.92 Å². The van der Waals surface area contributed by atoms with E-state index in [0.717, 1.165) is 0 Å². The normalized spacial score (nSPS) is 14.8. The Bertz CT molecular complexity index is 1060. The monoisotopic (exact) mass is 507 g/mol. The van der Waals surface area contributed by atoms with Crippen molar-refractivity contribution in [2.45, 2.75) is 25.3 Å². The molecule has 0 aromatic heterocycles. The average molecular weight is 508 g/mol. The molecule has 3 amide bonds. The van der Waals surface area contributed by atoms with Crippen molar-refractivity contribution in [3.05, 3.63) is 63.6 Å². The van der Waals surface area contributed by atoms with E-state index in [2.05, 4.69) is 10.6 Å². The quantitative estimate of drug-likeness (QED) is 0.450. The molecule has 1 aliphatic heterocycles. The van der Waals surface area contributed by atoms with Gasteiger partial charge >= 0.3 is 18.0 Å². The van der Waals surface area contributed by atoms with Gasteiger partial charge in [0.05, 0.1) is 21.5 Å². The maximum Gasteiger partial charge on any atom is 0.326 e. The van der Waals surface area contributed by atoms with Gasteiger partial charge in [0, 0.05) is 25.2 Å². The van der Waals surface area contributed by atoms with Crippen molar-refractivity contribution in [3.8, 4) is 0 Å². The van der Waals surface area contributed by atoms with Crippen LogP contribution in [0.15, 0.2) is 42.5 Å². The summed E-state index contributed by atoms with van der Waals surface area (Å²) in [6.45, 7) is 0.498. The number of hydrogen-bond donors (Lipinski definition) is 4. The molecule has 1 fully saturated rings. The van der Waals surface area contributed by atoms with Gasteiger partial charge in [0.1, 0.15) is 6.04 Å². The van der Waals surface area contributed by atoms with Gasteiger partial charge in [0.2, 0.25) is 0 Å². The fourth-order valence-electron chi connectivity index (χ4n) is 3.64. The minimum absolute atomic E-state index is 0.0250. The molecule has 34 heavy (non-hydrogen) atoms. The SMILES string of the molecule is O=C(Nc1ccc(C[C@H](NC(=O)N2CCC(C(=O)O)CC2)C(=O)O)cc1)c1c(Cl)cccc1Cl. The minimum Gasteiger partial charge on any atom is -0.481 e. The van der Waals surface area contributed by atoms with Crippen molar-refractivity contribution < 1.29 is 29.4 Å². The molecule has 180 valence electrons. The molecule has 1 atom stereocenters. The van der Waals surface area contributed by atoms with Gasteiger partial charge in [-0.3, -0.25) is 9.59 Å². The number of likely N-dealkylation sites (tertiary alicyclic amines) is 1. The van der Waals surface area contributed by atoms with E-state index < -0.39 is 35.8 Å². The van der Waals surface area contributed by atoms with Gasteiger partial charge in [-0.25, -0.2) is 9.59 Å². The Morgan fingerprint density at radius 2 is 1.56 bits per heavy atom. The Morgan fingerprint density at radius 1 is 0.971 bits per heavy atom. The van der Waals surface area contributed by atoms with E-state index in [1.165, 1.54) is 4.90 Å². The van der Waals surface area contributed by atoms with Crippen molar-refractivity contribution in [1.82, 2.24) is 10.2 Å². The maximum absolute atomic E-state index is 12.5. The van der Waals surface area contributed by atoms with Gasteiger partial charge in [-0.2, -0.15) is 0 Å². The number of carboxylic acids is 2. The molecule has 1 aliphatic rings. The number of benzene rings is 2. The van der Waals surface area contributed by atoms with Gasteiger partial charge in [-0.1, -0.05) is 41.4 Å². The summed E-state index contributed by atoms with van der Waals surface area (Å²) in [5, 5.41) is 24.2. The zero-order valence-corrected chi connectivity index (χ0v) is 19.5. The summed E-state index contributed by atoms with van der Waals surface area (Å²) >= 11 is 12.1. The lowest BCUT2D eigenvalue weighted by atomic mass is 9.97. The fourth-order valence-corrected chi connectivity index (χ4v) is 4.21. The highest BCUT2D eigenvalue weighted by Gasteiger charge is 2.29. The lowest BCUT2D eigenvalue weighted by Gasteiger charge is -2.31. The van der Waals surface area contributed by atoms with E-state index in [9.17, 15) is 24.3 Å². The first kappa shape index (κ1) is 25.3. The fraction of sp³-hybridized carbons (Fsp3) is 0.304. The molecule has 1 saturated heterocycles. The Hall–Kier alpha value is -3.30. The third kappa shape index (κ3) is 6.39. The number of hydrogen-bond acceptors (Lipinski definition) is 4. The Morgan fingerprint density at radius 3 is 2.09 bits per heavy atom. The van der Waals surface area contributed by atoms with Crippen LogP contribution in [0.4, 0.5) is 10.5 Å². The molecule has 0 radical (unpaired) electrons. The van der Waals surface area contributed by atoms with Crippen LogP contribution >= 0.6 is 23.2 Å². The van der Waals surface area contributed by atoms with E-state index in [0.29, 0.717) is 24.1 Å². The predicted molar refractivity (Wildman–Crippen MR) is 126 cm³/mol. The molecule has 0 saturated carbocycles. The van der Waals surface area contributed by atoms with Crippen molar-refractivity contribution in [3.63, 3.8) is 0 Å². The number of anilines is 1. The molecule has 0 spiro atoms. The lowest BCUT2D eigenvalue weighted by Crippen LogP contribution is -2.51. The highest BCUT2D eigenvalue weighted by atomic mass is 35.5. The largest absolute Gasteiger partial charge is 0.481 e. The number of nitrogens with one attached hydrogen (secondary N) is 2. The molecule has 0 unspecified atom stereocenters. The van der Waals surface area contributed by atoms with E-state index in [1.807, 2.05) is 0 Å². The second-order valence-electron chi connectivity index (χ2n) is 7.89. The highest BCUT2D eigenvalue weighted by Crippen LogP contribution is 2.25. The summed E-state index contributed by atoms with van der Waals surface area (Å²) in [5.41, 5.74) is 1.24.